The fourth-order valence-corrected chi connectivity index (χ4v) is 7.07. The number of hydrogen-bond acceptors (Lipinski definition) is 7. The molecule has 3 aromatic rings. The van der Waals surface area contributed by atoms with E-state index >= 15 is 0 Å². The van der Waals surface area contributed by atoms with E-state index in [1.807, 2.05) is 28.8 Å². The van der Waals surface area contributed by atoms with E-state index in [0.29, 0.717) is 21.9 Å². The van der Waals surface area contributed by atoms with Crippen molar-refractivity contribution in [1.82, 2.24) is 4.57 Å². The van der Waals surface area contributed by atoms with E-state index in [1.165, 1.54) is 34.4 Å². The van der Waals surface area contributed by atoms with Crippen LogP contribution in [0.4, 0.5) is 5.00 Å². The van der Waals surface area contributed by atoms with Gasteiger partial charge in [-0.2, -0.15) is 4.99 Å². The molecule has 188 valence electrons. The van der Waals surface area contributed by atoms with Gasteiger partial charge in [-0.15, -0.1) is 29.5 Å². The highest BCUT2D eigenvalue weighted by atomic mass is 32.2. The second-order valence-electron chi connectivity index (χ2n) is 8.18. The van der Waals surface area contributed by atoms with Crippen molar-refractivity contribution in [2.45, 2.75) is 45.6 Å². The molecule has 1 aromatic carbocycles. The number of terminal acetylenes is 1. The summed E-state index contributed by atoms with van der Waals surface area (Å²) in [5.74, 6) is 1.75. The first kappa shape index (κ1) is 26.2. The first-order valence-corrected chi connectivity index (χ1v) is 14.6. The van der Waals surface area contributed by atoms with Crippen molar-refractivity contribution in [3.63, 3.8) is 0 Å². The van der Waals surface area contributed by atoms with Gasteiger partial charge < -0.3 is 14.6 Å². The van der Waals surface area contributed by atoms with Gasteiger partial charge in [-0.25, -0.2) is 4.79 Å². The van der Waals surface area contributed by atoms with Gasteiger partial charge in [0.25, 0.3) is 5.91 Å². The van der Waals surface area contributed by atoms with Gasteiger partial charge in [-0.3, -0.25) is 9.59 Å². The van der Waals surface area contributed by atoms with Gasteiger partial charge in [0.15, 0.2) is 4.80 Å². The minimum Gasteiger partial charge on any atom is -0.462 e. The first-order chi connectivity index (χ1) is 17.5. The number of nitrogens with one attached hydrogen (secondary N) is 1. The third kappa shape index (κ3) is 6.09. The molecule has 0 spiro atoms. The number of benzene rings is 1. The fraction of sp³-hybridized carbons (Fsp3) is 0.385. The van der Waals surface area contributed by atoms with Crippen LogP contribution in [0.3, 0.4) is 0 Å². The average Bonchev–Trinajstić information content (AvgIpc) is 3.27. The summed E-state index contributed by atoms with van der Waals surface area (Å²) in [7, 11) is 0. The van der Waals surface area contributed by atoms with Gasteiger partial charge in [0.05, 0.1) is 40.4 Å². The highest BCUT2D eigenvalue weighted by Crippen LogP contribution is 2.38. The molecule has 0 unspecified atom stereocenters. The summed E-state index contributed by atoms with van der Waals surface area (Å²) in [5, 5.41) is 3.43. The van der Waals surface area contributed by atoms with Crippen LogP contribution in [-0.4, -0.2) is 40.5 Å². The molecule has 7 nitrogen and oxygen atoms in total. The van der Waals surface area contributed by atoms with Gasteiger partial charge >= 0.3 is 5.97 Å². The van der Waals surface area contributed by atoms with E-state index < -0.39 is 5.97 Å². The number of esters is 1. The lowest BCUT2D eigenvalue weighted by Crippen LogP contribution is -2.19. The predicted octanol–water partition coefficient (Wildman–Crippen LogP) is 4.64. The number of aryl methyl sites for hydroxylation is 1. The molecule has 2 amide bonds. The maximum Gasteiger partial charge on any atom is 0.341 e. The highest BCUT2D eigenvalue weighted by Gasteiger charge is 2.26. The summed E-state index contributed by atoms with van der Waals surface area (Å²) < 4.78 is 8.11. The third-order valence-electron chi connectivity index (χ3n) is 5.67. The van der Waals surface area contributed by atoms with E-state index in [4.69, 9.17) is 11.2 Å². The van der Waals surface area contributed by atoms with Crippen molar-refractivity contribution < 1.29 is 19.1 Å². The Hall–Kier alpha value is -2.87. The maximum absolute atomic E-state index is 12.7. The van der Waals surface area contributed by atoms with Crippen molar-refractivity contribution in [3.8, 4) is 12.3 Å². The molecular formula is C26H27N3O4S3. The zero-order valence-corrected chi connectivity index (χ0v) is 22.5. The van der Waals surface area contributed by atoms with E-state index in [2.05, 4.69) is 16.2 Å². The number of fused-ring (bicyclic) bond motifs is 2. The second kappa shape index (κ2) is 12.4. The Labute approximate surface area is 222 Å². The molecule has 1 aliphatic rings. The number of carbonyl (C=O) groups excluding carboxylic acids is 3. The summed E-state index contributed by atoms with van der Waals surface area (Å²) in [4.78, 5) is 43.8. The summed E-state index contributed by atoms with van der Waals surface area (Å²) in [5.41, 5.74) is 2.44. The molecule has 2 aromatic heterocycles. The lowest BCUT2D eigenvalue weighted by Gasteiger charge is -2.08. The number of thiazole rings is 1. The summed E-state index contributed by atoms with van der Waals surface area (Å²) in [6.07, 6.45) is 10.5. The van der Waals surface area contributed by atoms with Crippen molar-refractivity contribution in [2.75, 3.05) is 23.4 Å². The smallest absolute Gasteiger partial charge is 0.341 e. The van der Waals surface area contributed by atoms with E-state index in [1.54, 1.807) is 6.92 Å². The number of aromatic nitrogens is 1. The van der Waals surface area contributed by atoms with Crippen molar-refractivity contribution >= 4 is 67.4 Å². The minimum atomic E-state index is -0.391. The van der Waals surface area contributed by atoms with Crippen LogP contribution in [0.2, 0.25) is 0 Å². The Morgan fingerprint density at radius 1 is 1.17 bits per heavy atom. The molecule has 0 saturated heterocycles. The molecule has 10 heteroatoms. The molecule has 0 radical (unpaired) electrons. The van der Waals surface area contributed by atoms with Crippen LogP contribution in [0.15, 0.2) is 29.3 Å². The Bertz CT molecular complexity index is 1390. The number of anilines is 1. The first-order valence-electron chi connectivity index (χ1n) is 11.8. The van der Waals surface area contributed by atoms with Crippen LogP contribution in [0.1, 0.15) is 47.0 Å². The second-order valence-corrected chi connectivity index (χ2v) is 11.3. The number of thiophene rings is 1. The monoisotopic (exact) mass is 541 g/mol. The molecule has 1 aliphatic carbocycles. The van der Waals surface area contributed by atoms with Gasteiger partial charge in [-0.1, -0.05) is 35.8 Å². The average molecular weight is 542 g/mol. The van der Waals surface area contributed by atoms with E-state index in [-0.39, 0.29) is 29.9 Å². The number of rotatable bonds is 8. The molecule has 0 saturated carbocycles. The molecule has 4 rings (SSSR count). The molecule has 0 atom stereocenters. The number of para-hydroxylation sites is 1. The van der Waals surface area contributed by atoms with Crippen LogP contribution < -0.4 is 10.1 Å². The molecule has 2 heterocycles. The molecule has 1 N–H and O–H groups in total. The van der Waals surface area contributed by atoms with Crippen LogP contribution in [0, 0.1) is 12.3 Å². The van der Waals surface area contributed by atoms with Crippen LogP contribution in [0.5, 0.6) is 0 Å². The van der Waals surface area contributed by atoms with Crippen molar-refractivity contribution in [3.05, 3.63) is 45.1 Å². The van der Waals surface area contributed by atoms with Gasteiger partial charge in [0.2, 0.25) is 5.91 Å². The number of ether oxygens (including phenoxy) is 1. The molecule has 0 fully saturated rings. The zero-order valence-electron chi connectivity index (χ0n) is 20.0. The van der Waals surface area contributed by atoms with Crippen LogP contribution in [-0.2, 0) is 33.7 Å². The maximum atomic E-state index is 12.7. The zero-order chi connectivity index (χ0) is 25.5. The van der Waals surface area contributed by atoms with Crippen molar-refractivity contribution in [1.29, 1.82) is 0 Å². The number of carbonyl (C=O) groups is 3. The quantitative estimate of drug-likeness (QED) is 0.255. The van der Waals surface area contributed by atoms with E-state index in [0.717, 1.165) is 52.8 Å². The van der Waals surface area contributed by atoms with Gasteiger partial charge in [0, 0.05) is 4.88 Å². The van der Waals surface area contributed by atoms with E-state index in [9.17, 15) is 14.4 Å². The third-order valence-corrected chi connectivity index (χ3v) is 8.85. The predicted molar refractivity (Wildman–Crippen MR) is 147 cm³/mol. The highest BCUT2D eigenvalue weighted by molar-refractivity contribution is 8.00. The minimum absolute atomic E-state index is 0.0589. The van der Waals surface area contributed by atoms with Crippen LogP contribution in [0.25, 0.3) is 10.2 Å². The summed E-state index contributed by atoms with van der Waals surface area (Å²) >= 11 is 4.05. The fourth-order valence-electron chi connectivity index (χ4n) is 4.13. The largest absolute Gasteiger partial charge is 0.462 e. The van der Waals surface area contributed by atoms with Crippen molar-refractivity contribution in [2.24, 2.45) is 4.99 Å². The normalized spacial score (nSPS) is 13.6. The topological polar surface area (TPSA) is 89.8 Å². The number of nitrogens with zero attached hydrogens (tertiary/aromatic N) is 2. The Morgan fingerprint density at radius 2 is 1.97 bits per heavy atom. The standard InChI is InChI=1S/C26H27N3O4S3/c1-3-14-29-18-11-8-9-13-20(18)36-26(29)28-22(31)16-34-15-21(30)27-24-23(25(32)33-4-2)17-10-6-5-7-12-19(17)35-24/h1,8-9,11,13H,4-7,10,12,14-16H2,2H3,(H,27,30). The summed E-state index contributed by atoms with van der Waals surface area (Å²) in [6, 6.07) is 7.75. The Kier molecular flexibility index (Phi) is 9.02. The molecule has 0 aliphatic heterocycles. The lowest BCUT2D eigenvalue weighted by molar-refractivity contribution is -0.115. The summed E-state index contributed by atoms with van der Waals surface area (Å²) in [6.45, 7) is 2.37. The van der Waals surface area contributed by atoms with Crippen LogP contribution >= 0.6 is 34.4 Å². The number of hydrogen-bond donors (Lipinski definition) is 1. The van der Waals surface area contributed by atoms with Gasteiger partial charge in [0.1, 0.15) is 5.00 Å². The SMILES string of the molecule is C#CCn1c(=NC(=O)CSCC(=O)Nc2sc3c(c2C(=O)OCC)CCCCC3)sc2ccccc21. The Balaban J connectivity index is 1.41. The van der Waals surface area contributed by atoms with Gasteiger partial charge in [-0.05, 0) is 50.3 Å². The molecule has 36 heavy (non-hydrogen) atoms. The molecule has 0 bridgehead atoms. The molecular weight excluding hydrogens is 515 g/mol. The lowest BCUT2D eigenvalue weighted by atomic mass is 10.1. The Morgan fingerprint density at radius 3 is 2.78 bits per heavy atom. The number of thioether (sulfide) groups is 1. The number of amides is 2.